The van der Waals surface area contributed by atoms with Crippen LogP contribution in [0.2, 0.25) is 0 Å². The van der Waals surface area contributed by atoms with Crippen LogP contribution in [0, 0.1) is 12.8 Å². The molecule has 1 fully saturated rings. The van der Waals surface area contributed by atoms with Gasteiger partial charge in [-0.3, -0.25) is 19.0 Å². The number of hydrogen-bond donors (Lipinski definition) is 0. The molecule has 6 rings (SSSR count). The van der Waals surface area contributed by atoms with Crippen molar-refractivity contribution in [2.24, 2.45) is 5.92 Å². The molecule has 1 amide bonds. The van der Waals surface area contributed by atoms with Gasteiger partial charge in [-0.05, 0) is 49.1 Å². The molecule has 2 atom stereocenters. The smallest absolute Gasteiger partial charge is 0.265 e. The Hall–Kier alpha value is -4.00. The van der Waals surface area contributed by atoms with Crippen molar-refractivity contribution in [2.45, 2.75) is 32.4 Å². The quantitative estimate of drug-likeness (QED) is 0.465. The molecule has 0 saturated carbocycles. The predicted octanol–water partition coefficient (Wildman–Crippen LogP) is 3.17. The lowest BCUT2D eigenvalue weighted by molar-refractivity contribution is 0.0592. The number of hydrogen-bond acceptors (Lipinski definition) is 4. The van der Waals surface area contributed by atoms with E-state index in [9.17, 15) is 14.4 Å². The normalized spacial score (nSPS) is 18.9. The Morgan fingerprint density at radius 2 is 1.83 bits per heavy atom. The third kappa shape index (κ3) is 3.77. The third-order valence-corrected chi connectivity index (χ3v) is 7.31. The van der Waals surface area contributed by atoms with Gasteiger partial charge < -0.3 is 9.47 Å². The fourth-order valence-corrected chi connectivity index (χ4v) is 5.62. The molecular formula is C28H26N4O3. The van der Waals surface area contributed by atoms with E-state index in [0.29, 0.717) is 31.8 Å². The minimum atomic E-state index is -0.325. The second-order valence-electron chi connectivity index (χ2n) is 9.76. The Morgan fingerprint density at radius 1 is 1.00 bits per heavy atom. The number of nitrogens with zero attached hydrogens (tertiary/aromatic N) is 4. The summed E-state index contributed by atoms with van der Waals surface area (Å²) in [7, 11) is 0. The second kappa shape index (κ2) is 8.34. The van der Waals surface area contributed by atoms with Crippen LogP contribution in [0.15, 0.2) is 76.4 Å². The molecule has 1 saturated heterocycles. The molecule has 176 valence electrons. The number of rotatable bonds is 3. The van der Waals surface area contributed by atoms with Gasteiger partial charge in [0.05, 0.1) is 6.54 Å². The van der Waals surface area contributed by atoms with Gasteiger partial charge in [-0.2, -0.15) is 0 Å². The number of aromatic nitrogens is 3. The molecule has 0 aliphatic carbocycles. The summed E-state index contributed by atoms with van der Waals surface area (Å²) in [6.07, 6.45) is 2.62. The lowest BCUT2D eigenvalue weighted by atomic mass is 9.83. The number of benzene rings is 1. The summed E-state index contributed by atoms with van der Waals surface area (Å²) in [5.41, 5.74) is 3.52. The standard InChI is InChI=1S/C28H26N4O3/c1-18-7-9-19(10-8-18)15-32-26-21(4-3-11-29-26)13-23(28(32)35)27(34)30-14-20-12-22(17-30)24-5-2-6-25(33)31(24)16-20/h2-11,13,20,22H,12,14-17H2,1H3. The predicted molar refractivity (Wildman–Crippen MR) is 134 cm³/mol. The van der Waals surface area contributed by atoms with Gasteiger partial charge in [0.2, 0.25) is 0 Å². The SMILES string of the molecule is Cc1ccc(Cn2c(=O)c(C(=O)N3CC4CC(C3)c3cccc(=O)n3C4)cc3cccnc32)cc1. The maximum absolute atomic E-state index is 13.7. The van der Waals surface area contributed by atoms with Crippen LogP contribution in [0.4, 0.5) is 0 Å². The number of fused-ring (bicyclic) bond motifs is 5. The van der Waals surface area contributed by atoms with Gasteiger partial charge >= 0.3 is 0 Å². The van der Waals surface area contributed by atoms with Crippen molar-refractivity contribution in [3.05, 3.63) is 110 Å². The Labute approximate surface area is 202 Å². The fourth-order valence-electron chi connectivity index (χ4n) is 5.62. The van der Waals surface area contributed by atoms with Crippen molar-refractivity contribution in [1.82, 2.24) is 19.0 Å². The first-order valence-corrected chi connectivity index (χ1v) is 12.0. The molecule has 2 aliphatic heterocycles. The minimum absolute atomic E-state index is 0.0120. The van der Waals surface area contributed by atoms with Gasteiger partial charge in [0.25, 0.3) is 17.0 Å². The zero-order valence-electron chi connectivity index (χ0n) is 19.6. The Balaban J connectivity index is 1.38. The summed E-state index contributed by atoms with van der Waals surface area (Å²) >= 11 is 0. The van der Waals surface area contributed by atoms with E-state index in [0.717, 1.165) is 28.6 Å². The molecule has 5 heterocycles. The second-order valence-corrected chi connectivity index (χ2v) is 9.76. The zero-order chi connectivity index (χ0) is 24.1. The lowest BCUT2D eigenvalue weighted by Crippen LogP contribution is -2.50. The highest BCUT2D eigenvalue weighted by Gasteiger charge is 2.37. The zero-order valence-corrected chi connectivity index (χ0v) is 19.6. The largest absolute Gasteiger partial charge is 0.337 e. The van der Waals surface area contributed by atoms with Gasteiger partial charge in [0, 0.05) is 48.9 Å². The first kappa shape index (κ1) is 21.5. The van der Waals surface area contributed by atoms with Crippen LogP contribution in [0.25, 0.3) is 11.0 Å². The van der Waals surface area contributed by atoms with E-state index in [2.05, 4.69) is 4.98 Å². The molecule has 1 aromatic carbocycles. The van der Waals surface area contributed by atoms with Gasteiger partial charge in [0.1, 0.15) is 11.2 Å². The Morgan fingerprint density at radius 3 is 2.66 bits per heavy atom. The Kier molecular flexibility index (Phi) is 5.13. The molecule has 3 aromatic heterocycles. The number of carbonyl (C=O) groups is 1. The average Bonchev–Trinajstić information content (AvgIpc) is 2.87. The van der Waals surface area contributed by atoms with Gasteiger partial charge in [0.15, 0.2) is 0 Å². The molecule has 0 N–H and O–H groups in total. The highest BCUT2D eigenvalue weighted by atomic mass is 16.2. The van der Waals surface area contributed by atoms with Crippen molar-refractivity contribution in [3.63, 3.8) is 0 Å². The number of aryl methyl sites for hydroxylation is 1. The van der Waals surface area contributed by atoms with E-state index in [1.165, 1.54) is 0 Å². The van der Waals surface area contributed by atoms with Crippen LogP contribution in [0.5, 0.6) is 0 Å². The highest BCUT2D eigenvalue weighted by molar-refractivity contribution is 5.97. The summed E-state index contributed by atoms with van der Waals surface area (Å²) in [5.74, 6) is 0.0410. The highest BCUT2D eigenvalue weighted by Crippen LogP contribution is 2.35. The summed E-state index contributed by atoms with van der Waals surface area (Å²) in [4.78, 5) is 46.0. The molecule has 2 aliphatic rings. The van der Waals surface area contributed by atoms with E-state index in [1.54, 1.807) is 33.9 Å². The van der Waals surface area contributed by atoms with Crippen LogP contribution in [0.3, 0.4) is 0 Å². The Bertz CT molecular complexity index is 1570. The number of piperidine rings is 1. The lowest BCUT2D eigenvalue weighted by Gasteiger charge is -2.42. The fraction of sp³-hybridized carbons (Fsp3) is 0.286. The summed E-state index contributed by atoms with van der Waals surface area (Å²) in [5, 5.41) is 0.761. The van der Waals surface area contributed by atoms with E-state index in [-0.39, 0.29) is 34.4 Å². The van der Waals surface area contributed by atoms with E-state index in [1.807, 2.05) is 54.0 Å². The molecule has 2 unspecified atom stereocenters. The molecular weight excluding hydrogens is 440 g/mol. The molecule has 7 nitrogen and oxygen atoms in total. The molecule has 4 aromatic rings. The van der Waals surface area contributed by atoms with Crippen LogP contribution < -0.4 is 11.1 Å². The summed E-state index contributed by atoms with van der Waals surface area (Å²) < 4.78 is 3.45. The van der Waals surface area contributed by atoms with Crippen molar-refractivity contribution in [3.8, 4) is 0 Å². The van der Waals surface area contributed by atoms with E-state index < -0.39 is 0 Å². The van der Waals surface area contributed by atoms with Crippen LogP contribution >= 0.6 is 0 Å². The van der Waals surface area contributed by atoms with Crippen molar-refractivity contribution >= 4 is 16.9 Å². The maximum atomic E-state index is 13.7. The number of pyridine rings is 3. The molecule has 35 heavy (non-hydrogen) atoms. The number of carbonyl (C=O) groups excluding carboxylic acids is 1. The first-order valence-electron chi connectivity index (χ1n) is 12.0. The van der Waals surface area contributed by atoms with Gasteiger partial charge in [-0.1, -0.05) is 35.9 Å². The number of amides is 1. The van der Waals surface area contributed by atoms with Crippen molar-refractivity contribution in [2.75, 3.05) is 13.1 Å². The topological polar surface area (TPSA) is 77.2 Å². The third-order valence-electron chi connectivity index (χ3n) is 7.31. The van der Waals surface area contributed by atoms with Crippen molar-refractivity contribution < 1.29 is 4.79 Å². The summed E-state index contributed by atoms with van der Waals surface area (Å²) in [6.45, 7) is 4.01. The molecule has 0 spiro atoms. The average molecular weight is 467 g/mol. The molecule has 7 heteroatoms. The van der Waals surface area contributed by atoms with E-state index in [4.69, 9.17) is 0 Å². The van der Waals surface area contributed by atoms with Crippen LogP contribution in [0.1, 0.15) is 39.5 Å². The molecule has 2 bridgehead atoms. The van der Waals surface area contributed by atoms with Gasteiger partial charge in [-0.15, -0.1) is 0 Å². The monoisotopic (exact) mass is 466 g/mol. The van der Waals surface area contributed by atoms with Crippen molar-refractivity contribution in [1.29, 1.82) is 0 Å². The minimum Gasteiger partial charge on any atom is -0.337 e. The first-order chi connectivity index (χ1) is 17.0. The summed E-state index contributed by atoms with van der Waals surface area (Å²) in [6, 6.07) is 18.8. The van der Waals surface area contributed by atoms with E-state index >= 15 is 0 Å². The molecule has 0 radical (unpaired) electrons. The van der Waals surface area contributed by atoms with Crippen LogP contribution in [-0.4, -0.2) is 38.0 Å². The van der Waals surface area contributed by atoms with Crippen LogP contribution in [-0.2, 0) is 13.1 Å². The number of likely N-dealkylation sites (tertiary alicyclic amines) is 1. The maximum Gasteiger partial charge on any atom is 0.265 e. The van der Waals surface area contributed by atoms with Gasteiger partial charge in [-0.25, -0.2) is 4.98 Å².